The van der Waals surface area contributed by atoms with Gasteiger partial charge in [0, 0.05) is 12.3 Å². The first-order valence-electron chi connectivity index (χ1n) is 11.3. The molecule has 0 aromatic carbocycles. The quantitative estimate of drug-likeness (QED) is 0.457. The molecule has 172 valence electrons. The molecule has 0 bridgehead atoms. The van der Waals surface area contributed by atoms with E-state index in [1.807, 2.05) is 34.6 Å². The standard InChI is InChI=1S/C24H34O7/c1-9-21(6)12-13(25)24-22(7)14(27-18(26)30-24)10-11-19(2,3)16(22)15-17(23(24,8)31-21)29-20(4,5)28-15/h9,14-17H,1,10-12H2,2-8H3/t14-,15-,16-,17-,21-,22-,23+,24-/m0/s1. The van der Waals surface area contributed by atoms with Crippen molar-refractivity contribution in [2.45, 2.75) is 109 Å². The maximum absolute atomic E-state index is 14.2. The molecule has 2 saturated carbocycles. The average Bonchev–Trinajstić information content (AvgIpc) is 2.95. The third-order valence-corrected chi connectivity index (χ3v) is 8.92. The summed E-state index contributed by atoms with van der Waals surface area (Å²) in [4.78, 5) is 26.9. The van der Waals surface area contributed by atoms with E-state index in [9.17, 15) is 9.59 Å². The molecule has 3 aliphatic heterocycles. The third kappa shape index (κ3) is 2.30. The summed E-state index contributed by atoms with van der Waals surface area (Å²) in [6, 6.07) is 0. The minimum atomic E-state index is -1.55. The average molecular weight is 435 g/mol. The third-order valence-electron chi connectivity index (χ3n) is 8.92. The van der Waals surface area contributed by atoms with Crippen LogP contribution in [0.4, 0.5) is 4.79 Å². The van der Waals surface area contributed by atoms with Gasteiger partial charge in [-0.2, -0.15) is 0 Å². The van der Waals surface area contributed by atoms with Crippen LogP contribution in [0.25, 0.3) is 0 Å². The van der Waals surface area contributed by atoms with Crippen molar-refractivity contribution < 1.29 is 33.3 Å². The molecule has 3 saturated heterocycles. The summed E-state index contributed by atoms with van der Waals surface area (Å²) in [5.41, 5.74) is -4.78. The van der Waals surface area contributed by atoms with Crippen LogP contribution >= 0.6 is 0 Å². The summed E-state index contributed by atoms with van der Waals surface area (Å²) in [5.74, 6) is -1.18. The Bertz CT molecular complexity index is 879. The van der Waals surface area contributed by atoms with Crippen molar-refractivity contribution in [1.82, 2.24) is 0 Å². The van der Waals surface area contributed by atoms with Crippen LogP contribution in [0.15, 0.2) is 12.7 Å². The Morgan fingerprint density at radius 2 is 1.71 bits per heavy atom. The molecule has 1 spiro atoms. The van der Waals surface area contributed by atoms with Crippen LogP contribution in [0.2, 0.25) is 0 Å². The summed E-state index contributed by atoms with van der Waals surface area (Å²) < 4.78 is 31.5. The van der Waals surface area contributed by atoms with Gasteiger partial charge in [-0.1, -0.05) is 26.8 Å². The van der Waals surface area contributed by atoms with E-state index in [1.165, 1.54) is 0 Å². The van der Waals surface area contributed by atoms with Gasteiger partial charge in [0.2, 0.25) is 5.60 Å². The molecular formula is C24H34O7. The Kier molecular flexibility index (Phi) is 3.95. The minimum Gasteiger partial charge on any atom is -0.430 e. The summed E-state index contributed by atoms with van der Waals surface area (Å²) in [5, 5.41) is 0. The second-order valence-electron chi connectivity index (χ2n) is 11.8. The van der Waals surface area contributed by atoms with Gasteiger partial charge in [0.15, 0.2) is 11.6 Å². The van der Waals surface area contributed by atoms with Crippen molar-refractivity contribution in [2.75, 3.05) is 0 Å². The van der Waals surface area contributed by atoms with E-state index in [0.29, 0.717) is 6.42 Å². The molecule has 8 atom stereocenters. The molecule has 0 radical (unpaired) electrons. The molecule has 0 aromatic rings. The lowest BCUT2D eigenvalue weighted by Gasteiger charge is -2.72. The van der Waals surface area contributed by atoms with Gasteiger partial charge in [-0.15, -0.1) is 6.58 Å². The highest BCUT2D eigenvalue weighted by molar-refractivity contribution is 5.95. The van der Waals surface area contributed by atoms with E-state index in [2.05, 4.69) is 20.4 Å². The highest BCUT2D eigenvalue weighted by atomic mass is 16.8. The van der Waals surface area contributed by atoms with Crippen molar-refractivity contribution in [2.24, 2.45) is 16.7 Å². The number of Topliss-reactive ketones (excluding diaryl/α,β-unsaturated/α-hetero) is 1. The fourth-order valence-electron chi connectivity index (χ4n) is 7.90. The van der Waals surface area contributed by atoms with Gasteiger partial charge in [-0.05, 0) is 46.0 Å². The molecule has 2 aliphatic carbocycles. The summed E-state index contributed by atoms with van der Waals surface area (Å²) in [6.45, 7) is 17.7. The highest BCUT2D eigenvalue weighted by Crippen LogP contribution is 2.71. The molecule has 3 heterocycles. The second-order valence-corrected chi connectivity index (χ2v) is 11.8. The maximum atomic E-state index is 14.2. The van der Waals surface area contributed by atoms with Crippen molar-refractivity contribution >= 4 is 11.9 Å². The van der Waals surface area contributed by atoms with E-state index in [-0.39, 0.29) is 29.6 Å². The molecule has 7 nitrogen and oxygen atoms in total. The van der Waals surface area contributed by atoms with Gasteiger partial charge < -0.3 is 23.7 Å². The van der Waals surface area contributed by atoms with Crippen molar-refractivity contribution in [3.63, 3.8) is 0 Å². The normalized spacial score (nSPS) is 54.0. The van der Waals surface area contributed by atoms with E-state index >= 15 is 0 Å². The van der Waals surface area contributed by atoms with Crippen LogP contribution in [0.5, 0.6) is 0 Å². The zero-order valence-corrected chi connectivity index (χ0v) is 19.6. The Labute approximate surface area is 183 Å². The Balaban J connectivity index is 1.83. The lowest BCUT2D eigenvalue weighted by molar-refractivity contribution is -0.373. The number of rotatable bonds is 1. The van der Waals surface area contributed by atoms with E-state index < -0.39 is 46.4 Å². The Hall–Kier alpha value is -1.44. The molecule has 0 N–H and O–H groups in total. The Morgan fingerprint density at radius 1 is 1.03 bits per heavy atom. The summed E-state index contributed by atoms with van der Waals surface area (Å²) >= 11 is 0. The van der Waals surface area contributed by atoms with Gasteiger partial charge in [0.1, 0.15) is 17.8 Å². The van der Waals surface area contributed by atoms with Crippen LogP contribution in [0.1, 0.15) is 67.7 Å². The number of carbonyl (C=O) groups excluding carboxylic acids is 2. The van der Waals surface area contributed by atoms with Gasteiger partial charge in [-0.25, -0.2) is 4.79 Å². The van der Waals surface area contributed by atoms with E-state index in [1.54, 1.807) is 6.08 Å². The molecule has 0 unspecified atom stereocenters. The predicted octanol–water partition coefficient (Wildman–Crippen LogP) is 3.93. The number of hydrogen-bond donors (Lipinski definition) is 0. The first kappa shape index (κ1) is 21.4. The van der Waals surface area contributed by atoms with E-state index in [4.69, 9.17) is 23.7 Å². The molecule has 0 amide bonds. The van der Waals surface area contributed by atoms with Crippen LogP contribution in [0, 0.1) is 16.7 Å². The zero-order chi connectivity index (χ0) is 22.8. The SMILES string of the molecule is C=C[C@@]1(C)CC(=O)[C@@]23OC(=O)O[C@H]4CCC(C)(C)[C@H]([C@@H]5OC(C)(C)O[C@@H]5[C@@]2(C)O1)[C@]43C. The zero-order valence-electron chi connectivity index (χ0n) is 19.6. The molecule has 7 heteroatoms. The first-order valence-corrected chi connectivity index (χ1v) is 11.3. The van der Waals surface area contributed by atoms with Crippen LogP contribution in [-0.4, -0.2) is 52.8 Å². The lowest BCUT2D eigenvalue weighted by Crippen LogP contribution is -2.88. The van der Waals surface area contributed by atoms with Gasteiger partial charge in [-0.3, -0.25) is 4.79 Å². The summed E-state index contributed by atoms with van der Waals surface area (Å²) in [6.07, 6.45) is 0.963. The fourth-order valence-corrected chi connectivity index (χ4v) is 7.90. The maximum Gasteiger partial charge on any atom is 0.509 e. The highest BCUT2D eigenvalue weighted by Gasteiger charge is 2.86. The van der Waals surface area contributed by atoms with Gasteiger partial charge >= 0.3 is 6.16 Å². The van der Waals surface area contributed by atoms with Gasteiger partial charge in [0.05, 0.1) is 17.1 Å². The van der Waals surface area contributed by atoms with Crippen molar-refractivity contribution in [3.8, 4) is 0 Å². The molecule has 5 fully saturated rings. The first-order chi connectivity index (χ1) is 14.2. The number of carbonyl (C=O) groups is 2. The second kappa shape index (κ2) is 5.72. The Morgan fingerprint density at radius 3 is 2.35 bits per heavy atom. The molecule has 5 aliphatic rings. The predicted molar refractivity (Wildman–Crippen MR) is 110 cm³/mol. The minimum absolute atomic E-state index is 0.0659. The number of ether oxygens (including phenoxy) is 5. The lowest BCUT2D eigenvalue weighted by atomic mass is 9.39. The van der Waals surface area contributed by atoms with Gasteiger partial charge in [0.25, 0.3) is 0 Å². The number of ketones is 1. The topological polar surface area (TPSA) is 80.3 Å². The fraction of sp³-hybridized carbons (Fsp3) is 0.833. The van der Waals surface area contributed by atoms with Crippen molar-refractivity contribution in [1.29, 1.82) is 0 Å². The van der Waals surface area contributed by atoms with Crippen molar-refractivity contribution in [3.05, 3.63) is 12.7 Å². The number of hydrogen-bond acceptors (Lipinski definition) is 7. The van der Waals surface area contributed by atoms with Crippen LogP contribution < -0.4 is 0 Å². The van der Waals surface area contributed by atoms with Crippen LogP contribution in [-0.2, 0) is 28.5 Å². The molecular weight excluding hydrogens is 400 g/mol. The summed E-state index contributed by atoms with van der Waals surface area (Å²) in [7, 11) is 0. The van der Waals surface area contributed by atoms with Crippen LogP contribution in [0.3, 0.4) is 0 Å². The van der Waals surface area contributed by atoms with E-state index in [0.717, 1.165) is 6.42 Å². The number of fused-ring (bicyclic) bond motifs is 3. The largest absolute Gasteiger partial charge is 0.509 e. The monoisotopic (exact) mass is 434 g/mol. The molecule has 5 rings (SSSR count). The molecule has 0 aromatic heterocycles. The smallest absolute Gasteiger partial charge is 0.430 e. The molecule has 31 heavy (non-hydrogen) atoms.